The van der Waals surface area contributed by atoms with Gasteiger partial charge in [0.25, 0.3) is 4.83 Å². The van der Waals surface area contributed by atoms with Crippen LogP contribution in [0.2, 0.25) is 0 Å². The Morgan fingerprint density at radius 1 is 0.944 bits per heavy atom. The largest absolute Gasteiger partial charge is 0.822 e. The maximum Gasteiger partial charge on any atom is 0.267 e. The van der Waals surface area contributed by atoms with Gasteiger partial charge >= 0.3 is 0 Å². The lowest BCUT2D eigenvalue weighted by atomic mass is 10.2. The van der Waals surface area contributed by atoms with Crippen molar-refractivity contribution in [1.82, 2.24) is 0 Å². The molecule has 0 atom stereocenters. The third kappa shape index (κ3) is 2.00. The van der Waals surface area contributed by atoms with Gasteiger partial charge in [-0.2, -0.15) is 4.40 Å². The second kappa shape index (κ2) is 4.63. The van der Waals surface area contributed by atoms with E-state index >= 15 is 0 Å². The quantitative estimate of drug-likeness (QED) is 0.645. The molecule has 0 amide bonds. The van der Waals surface area contributed by atoms with Crippen molar-refractivity contribution in [2.24, 2.45) is 0 Å². The number of aromatic nitrogens is 1. The zero-order valence-electron chi connectivity index (χ0n) is 9.61. The molecule has 0 bridgehead atoms. The number of nitrogens with zero attached hydrogens (tertiary/aromatic N) is 1. The van der Waals surface area contributed by atoms with E-state index in [2.05, 4.69) is 0 Å². The van der Waals surface area contributed by atoms with E-state index in [0.717, 1.165) is 15.3 Å². The summed E-state index contributed by atoms with van der Waals surface area (Å²) in [6, 6.07) is 15.7. The number of fused-ring (bicyclic) bond motifs is 1. The molecule has 0 aliphatic heterocycles. The minimum absolute atomic E-state index is 0.0442. The molecule has 2 nitrogen and oxygen atoms in total. The van der Waals surface area contributed by atoms with Crippen LogP contribution in [0.4, 0.5) is 0 Å². The Morgan fingerprint density at radius 2 is 1.72 bits per heavy atom. The van der Waals surface area contributed by atoms with Gasteiger partial charge in [0.15, 0.2) is 12.1 Å². The maximum atomic E-state index is 12.1. The topological polar surface area (TPSA) is 27.2 Å². The fourth-order valence-corrected chi connectivity index (χ4v) is 2.73. The first kappa shape index (κ1) is 11.0. The summed E-state index contributed by atoms with van der Waals surface area (Å²) in [6.45, 7) is 0. The van der Waals surface area contributed by atoms with Crippen LogP contribution in [-0.4, -0.2) is 0 Å². The molecular weight excluding hydrogens is 242 g/mol. The molecule has 3 aromatic rings. The summed E-state index contributed by atoms with van der Waals surface area (Å²) in [4.78, 5) is 1.72. The van der Waals surface area contributed by atoms with E-state index in [1.165, 1.54) is 11.3 Å². The van der Waals surface area contributed by atoms with Crippen molar-refractivity contribution in [2.45, 2.75) is 0 Å². The molecule has 88 valence electrons. The second-order valence-corrected chi connectivity index (χ2v) is 4.99. The SMILES string of the molecule is [O-]c1c(/C=C/c2ccccc2)sc2cccc[n+]12. The van der Waals surface area contributed by atoms with Gasteiger partial charge in [-0.25, -0.2) is 0 Å². The summed E-state index contributed by atoms with van der Waals surface area (Å²) in [5.41, 5.74) is 1.10. The fourth-order valence-electron chi connectivity index (χ4n) is 1.79. The molecule has 3 rings (SSSR count). The maximum absolute atomic E-state index is 12.1. The number of benzene rings is 1. The molecule has 2 heterocycles. The van der Waals surface area contributed by atoms with Gasteiger partial charge in [-0.3, -0.25) is 0 Å². The lowest BCUT2D eigenvalue weighted by Crippen LogP contribution is -2.22. The lowest BCUT2D eigenvalue weighted by molar-refractivity contribution is -0.581. The van der Waals surface area contributed by atoms with Gasteiger partial charge in [0.05, 0.1) is 4.88 Å². The average molecular weight is 253 g/mol. The highest BCUT2D eigenvalue weighted by Crippen LogP contribution is 2.23. The predicted octanol–water partition coefficient (Wildman–Crippen LogP) is 2.73. The summed E-state index contributed by atoms with van der Waals surface area (Å²) in [6.07, 6.45) is 5.65. The van der Waals surface area contributed by atoms with E-state index in [9.17, 15) is 5.11 Å². The van der Waals surface area contributed by atoms with E-state index < -0.39 is 0 Å². The first-order valence-corrected chi connectivity index (χ1v) is 6.49. The molecule has 0 spiro atoms. The molecule has 1 aromatic carbocycles. The summed E-state index contributed by atoms with van der Waals surface area (Å²) in [5.74, 6) is 0.0442. The highest BCUT2D eigenvalue weighted by molar-refractivity contribution is 7.18. The Bertz CT molecular complexity index is 701. The molecule has 3 heteroatoms. The van der Waals surface area contributed by atoms with Gasteiger partial charge in [0.2, 0.25) is 0 Å². The highest BCUT2D eigenvalue weighted by atomic mass is 32.1. The molecule has 18 heavy (non-hydrogen) atoms. The fraction of sp³-hybridized carbons (Fsp3) is 0. The molecule has 0 N–H and O–H groups in total. The highest BCUT2D eigenvalue weighted by Gasteiger charge is 2.09. The number of hydrogen-bond acceptors (Lipinski definition) is 2. The van der Waals surface area contributed by atoms with Crippen molar-refractivity contribution in [3.63, 3.8) is 0 Å². The standard InChI is InChI=1S/C15H11NOS/c17-15-13(10-9-12-6-2-1-3-7-12)18-14-8-4-5-11-16(14)15/h1-11H/b10-9+. The van der Waals surface area contributed by atoms with E-state index in [1.807, 2.05) is 60.7 Å². The van der Waals surface area contributed by atoms with Crippen LogP contribution in [0, 0.1) is 0 Å². The normalized spacial score (nSPS) is 11.3. The van der Waals surface area contributed by atoms with Crippen LogP contribution in [-0.2, 0) is 0 Å². The van der Waals surface area contributed by atoms with E-state index in [0.29, 0.717) is 0 Å². The van der Waals surface area contributed by atoms with Crippen molar-refractivity contribution in [1.29, 1.82) is 0 Å². The van der Waals surface area contributed by atoms with Gasteiger partial charge in [-0.05, 0) is 17.7 Å². The lowest BCUT2D eigenvalue weighted by Gasteiger charge is -1.95. The van der Waals surface area contributed by atoms with Crippen LogP contribution in [0.5, 0.6) is 5.88 Å². The minimum Gasteiger partial charge on any atom is -0.822 e. The Balaban J connectivity index is 2.00. The third-order valence-corrected chi connectivity index (χ3v) is 3.77. The zero-order chi connectivity index (χ0) is 12.4. The summed E-state index contributed by atoms with van der Waals surface area (Å²) < 4.78 is 1.68. The molecule has 0 saturated heterocycles. The minimum atomic E-state index is 0.0442. The van der Waals surface area contributed by atoms with E-state index in [-0.39, 0.29) is 5.88 Å². The molecule has 0 aliphatic carbocycles. The second-order valence-electron chi connectivity index (χ2n) is 3.92. The van der Waals surface area contributed by atoms with Crippen LogP contribution in [0.15, 0.2) is 54.7 Å². The van der Waals surface area contributed by atoms with Crippen LogP contribution >= 0.6 is 11.3 Å². The Kier molecular flexibility index (Phi) is 2.82. The molecule has 0 fully saturated rings. The number of thiazole rings is 1. The van der Waals surface area contributed by atoms with Crippen molar-refractivity contribution in [3.8, 4) is 5.88 Å². The van der Waals surface area contributed by atoms with Gasteiger partial charge in [0, 0.05) is 12.1 Å². The third-order valence-electron chi connectivity index (χ3n) is 2.69. The van der Waals surface area contributed by atoms with Gasteiger partial charge in [-0.15, -0.1) is 0 Å². The van der Waals surface area contributed by atoms with Gasteiger partial charge in [-0.1, -0.05) is 47.7 Å². The smallest absolute Gasteiger partial charge is 0.267 e. The summed E-state index contributed by atoms with van der Waals surface area (Å²) >= 11 is 1.51. The molecular formula is C15H11NOS. The monoisotopic (exact) mass is 253 g/mol. The van der Waals surface area contributed by atoms with Gasteiger partial charge < -0.3 is 5.11 Å². The summed E-state index contributed by atoms with van der Waals surface area (Å²) in [5, 5.41) is 12.1. The van der Waals surface area contributed by atoms with Crippen molar-refractivity contribution < 1.29 is 9.51 Å². The molecule has 2 aromatic heterocycles. The number of hydrogen-bond donors (Lipinski definition) is 0. The van der Waals surface area contributed by atoms with E-state index in [4.69, 9.17) is 0 Å². The Labute approximate surface area is 109 Å². The van der Waals surface area contributed by atoms with Crippen LogP contribution in [0.3, 0.4) is 0 Å². The van der Waals surface area contributed by atoms with Crippen molar-refractivity contribution >= 4 is 28.3 Å². The first-order valence-electron chi connectivity index (χ1n) is 5.68. The first-order chi connectivity index (χ1) is 8.84. The van der Waals surface area contributed by atoms with Crippen LogP contribution in [0.1, 0.15) is 10.4 Å². The number of rotatable bonds is 2. The van der Waals surface area contributed by atoms with Crippen molar-refractivity contribution in [3.05, 3.63) is 65.2 Å². The Morgan fingerprint density at radius 3 is 2.50 bits per heavy atom. The van der Waals surface area contributed by atoms with Crippen LogP contribution in [0.25, 0.3) is 17.0 Å². The summed E-state index contributed by atoms with van der Waals surface area (Å²) in [7, 11) is 0. The molecule has 0 unspecified atom stereocenters. The van der Waals surface area contributed by atoms with Crippen LogP contribution < -0.4 is 9.51 Å². The van der Waals surface area contributed by atoms with Gasteiger partial charge in [0.1, 0.15) is 0 Å². The number of pyridine rings is 1. The molecule has 0 aliphatic rings. The van der Waals surface area contributed by atoms with Crippen molar-refractivity contribution in [2.75, 3.05) is 0 Å². The predicted molar refractivity (Wildman–Crippen MR) is 72.3 cm³/mol. The zero-order valence-corrected chi connectivity index (χ0v) is 10.4. The molecule has 0 radical (unpaired) electrons. The average Bonchev–Trinajstić information content (AvgIpc) is 2.75. The molecule has 0 saturated carbocycles. The Hall–Kier alpha value is -2.13. The van der Waals surface area contributed by atoms with E-state index in [1.54, 1.807) is 10.6 Å².